The minimum absolute atomic E-state index is 0.246. The Morgan fingerprint density at radius 3 is 2.79 bits per heavy atom. The van der Waals surface area contributed by atoms with E-state index in [1.807, 2.05) is 6.07 Å². The van der Waals surface area contributed by atoms with Crippen molar-refractivity contribution in [3.63, 3.8) is 0 Å². The molecule has 0 radical (unpaired) electrons. The van der Waals surface area contributed by atoms with Crippen LogP contribution in [0.3, 0.4) is 0 Å². The summed E-state index contributed by atoms with van der Waals surface area (Å²) < 4.78 is 13.5. The molecule has 100 valence electrons. The number of anilines is 3. The first kappa shape index (κ1) is 13.3. The molecule has 0 aliphatic heterocycles. The summed E-state index contributed by atoms with van der Waals surface area (Å²) in [5.41, 5.74) is 7.98. The molecule has 3 N–H and O–H groups in total. The van der Waals surface area contributed by atoms with Gasteiger partial charge in [-0.2, -0.15) is 0 Å². The number of aromatic nitrogens is 2. The van der Waals surface area contributed by atoms with Crippen LogP contribution in [0.1, 0.15) is 24.5 Å². The second-order valence-corrected chi connectivity index (χ2v) is 4.43. The first-order chi connectivity index (χ1) is 9.11. The number of nitrogens with two attached hydrogens (primary N) is 1. The maximum atomic E-state index is 13.5. The lowest BCUT2D eigenvalue weighted by molar-refractivity contribution is 0.619. The van der Waals surface area contributed by atoms with Crippen molar-refractivity contribution < 1.29 is 4.39 Å². The van der Waals surface area contributed by atoms with Crippen LogP contribution in [0.25, 0.3) is 0 Å². The van der Waals surface area contributed by atoms with E-state index < -0.39 is 0 Å². The summed E-state index contributed by atoms with van der Waals surface area (Å²) in [4.78, 5) is 8.17. The molecule has 0 saturated carbocycles. The fraction of sp³-hybridized carbons (Fsp3) is 0.286. The van der Waals surface area contributed by atoms with Gasteiger partial charge in [-0.15, -0.1) is 0 Å². The molecule has 5 heteroatoms. The maximum absolute atomic E-state index is 13.5. The molecule has 1 aromatic carbocycles. The van der Waals surface area contributed by atoms with Crippen molar-refractivity contribution in [2.24, 2.45) is 0 Å². The topological polar surface area (TPSA) is 63.8 Å². The van der Waals surface area contributed by atoms with Gasteiger partial charge < -0.3 is 11.1 Å². The van der Waals surface area contributed by atoms with Crippen LogP contribution in [0, 0.1) is 12.7 Å². The zero-order valence-corrected chi connectivity index (χ0v) is 11.1. The van der Waals surface area contributed by atoms with Crippen LogP contribution in [-0.2, 0) is 6.42 Å². The quantitative estimate of drug-likeness (QED) is 0.886. The zero-order valence-electron chi connectivity index (χ0n) is 11.1. The minimum atomic E-state index is -0.246. The lowest BCUT2D eigenvalue weighted by Gasteiger charge is -2.12. The Hall–Kier alpha value is -2.17. The molecule has 0 bridgehead atoms. The number of nitrogens with zero attached hydrogens (tertiary/aromatic N) is 2. The summed E-state index contributed by atoms with van der Waals surface area (Å²) >= 11 is 0. The Bertz CT molecular complexity index is 584. The van der Waals surface area contributed by atoms with Crippen molar-refractivity contribution in [1.82, 2.24) is 9.97 Å². The molecule has 2 rings (SSSR count). The smallest absolute Gasteiger partial charge is 0.139 e. The molecule has 4 nitrogen and oxygen atoms in total. The molecule has 0 fully saturated rings. The Morgan fingerprint density at radius 1 is 1.32 bits per heavy atom. The summed E-state index contributed by atoms with van der Waals surface area (Å²) in [6.07, 6.45) is 3.12. The van der Waals surface area contributed by atoms with Gasteiger partial charge in [-0.05, 0) is 31.0 Å². The second kappa shape index (κ2) is 5.65. The molecule has 0 spiro atoms. The number of hydrogen-bond acceptors (Lipinski definition) is 4. The second-order valence-electron chi connectivity index (χ2n) is 4.43. The van der Waals surface area contributed by atoms with E-state index in [1.165, 1.54) is 12.4 Å². The molecule has 0 unspecified atom stereocenters. The van der Waals surface area contributed by atoms with E-state index in [4.69, 9.17) is 5.73 Å². The number of aryl methyl sites for hydroxylation is 1. The van der Waals surface area contributed by atoms with E-state index in [9.17, 15) is 4.39 Å². The molecule has 19 heavy (non-hydrogen) atoms. The van der Waals surface area contributed by atoms with E-state index in [1.54, 1.807) is 13.0 Å². The lowest BCUT2D eigenvalue weighted by Crippen LogP contribution is -2.05. The molecule has 1 aromatic heterocycles. The van der Waals surface area contributed by atoms with Crippen LogP contribution in [0.5, 0.6) is 0 Å². The lowest BCUT2D eigenvalue weighted by atomic mass is 10.1. The minimum Gasteiger partial charge on any atom is -0.383 e. The molecule has 1 heterocycles. The Labute approximate surface area is 111 Å². The van der Waals surface area contributed by atoms with Crippen molar-refractivity contribution in [1.29, 1.82) is 0 Å². The van der Waals surface area contributed by atoms with Crippen molar-refractivity contribution >= 4 is 17.3 Å². The first-order valence-electron chi connectivity index (χ1n) is 6.24. The molecule has 0 aliphatic carbocycles. The third-order valence-corrected chi connectivity index (χ3v) is 2.91. The molecular formula is C14H17FN4. The summed E-state index contributed by atoms with van der Waals surface area (Å²) in [7, 11) is 0. The number of halogens is 1. The highest BCUT2D eigenvalue weighted by Crippen LogP contribution is 2.24. The van der Waals surface area contributed by atoms with Crippen molar-refractivity contribution in [3.05, 3.63) is 41.5 Å². The van der Waals surface area contributed by atoms with Gasteiger partial charge in [0.2, 0.25) is 0 Å². The van der Waals surface area contributed by atoms with Gasteiger partial charge in [0.05, 0.1) is 0 Å². The normalized spacial score (nSPS) is 10.5. The summed E-state index contributed by atoms with van der Waals surface area (Å²) in [6, 6.07) is 4.98. The summed E-state index contributed by atoms with van der Waals surface area (Å²) in [5, 5.41) is 3.10. The van der Waals surface area contributed by atoms with Crippen molar-refractivity contribution in [2.45, 2.75) is 26.7 Å². The molecule has 2 aromatic rings. The molecule has 0 amide bonds. The number of nitrogens with one attached hydrogen (secondary N) is 1. The van der Waals surface area contributed by atoms with Crippen molar-refractivity contribution in [3.8, 4) is 0 Å². The number of nitrogen functional groups attached to an aromatic ring is 1. The summed E-state index contributed by atoms with van der Waals surface area (Å²) in [5.74, 6) is 0.855. The standard InChI is InChI=1S/C14H17FN4/c1-3-4-11-13(16)17-8-18-14(11)19-10-6-5-9(2)12(15)7-10/h5-8H,3-4H2,1-2H3,(H3,16,17,18,19). The van der Waals surface area contributed by atoms with Gasteiger partial charge in [-0.1, -0.05) is 19.4 Å². The van der Waals surface area contributed by atoms with Gasteiger partial charge in [-0.3, -0.25) is 0 Å². The largest absolute Gasteiger partial charge is 0.383 e. The average molecular weight is 260 g/mol. The van der Waals surface area contributed by atoms with Gasteiger partial charge in [-0.25, -0.2) is 14.4 Å². The summed E-state index contributed by atoms with van der Waals surface area (Å²) in [6.45, 7) is 3.78. The molecule has 0 atom stereocenters. The van der Waals surface area contributed by atoms with Crippen LogP contribution in [0.4, 0.5) is 21.7 Å². The van der Waals surface area contributed by atoms with E-state index in [0.717, 1.165) is 18.4 Å². The zero-order chi connectivity index (χ0) is 13.8. The highest BCUT2D eigenvalue weighted by atomic mass is 19.1. The van der Waals surface area contributed by atoms with Crippen molar-refractivity contribution in [2.75, 3.05) is 11.1 Å². The van der Waals surface area contributed by atoms with Crippen LogP contribution < -0.4 is 11.1 Å². The highest BCUT2D eigenvalue weighted by molar-refractivity contribution is 5.64. The fourth-order valence-electron chi connectivity index (χ4n) is 1.84. The highest BCUT2D eigenvalue weighted by Gasteiger charge is 2.09. The fourth-order valence-corrected chi connectivity index (χ4v) is 1.84. The monoisotopic (exact) mass is 260 g/mol. The van der Waals surface area contributed by atoms with E-state index in [2.05, 4.69) is 22.2 Å². The van der Waals surface area contributed by atoms with Crippen LogP contribution in [0.15, 0.2) is 24.5 Å². The molecule has 0 saturated heterocycles. The molecule has 0 aliphatic rings. The van der Waals surface area contributed by atoms with Crippen LogP contribution in [-0.4, -0.2) is 9.97 Å². The van der Waals surface area contributed by atoms with Gasteiger partial charge in [0.1, 0.15) is 23.8 Å². The third-order valence-electron chi connectivity index (χ3n) is 2.91. The van der Waals surface area contributed by atoms with Gasteiger partial charge >= 0.3 is 0 Å². The predicted molar refractivity (Wildman–Crippen MR) is 74.9 cm³/mol. The van der Waals surface area contributed by atoms with E-state index in [0.29, 0.717) is 22.9 Å². The van der Waals surface area contributed by atoms with E-state index >= 15 is 0 Å². The third kappa shape index (κ3) is 2.99. The Morgan fingerprint density at radius 2 is 2.11 bits per heavy atom. The predicted octanol–water partition coefficient (Wildman–Crippen LogP) is 3.20. The first-order valence-corrected chi connectivity index (χ1v) is 6.24. The number of benzene rings is 1. The Balaban J connectivity index is 2.32. The van der Waals surface area contributed by atoms with Gasteiger partial charge in [0, 0.05) is 11.3 Å². The van der Waals surface area contributed by atoms with E-state index in [-0.39, 0.29) is 5.82 Å². The van der Waals surface area contributed by atoms with Gasteiger partial charge in [0.25, 0.3) is 0 Å². The maximum Gasteiger partial charge on any atom is 0.139 e. The SMILES string of the molecule is CCCc1c(N)ncnc1Nc1ccc(C)c(F)c1. The number of hydrogen-bond donors (Lipinski definition) is 2. The average Bonchev–Trinajstić information content (AvgIpc) is 2.38. The van der Waals surface area contributed by atoms with Crippen LogP contribution in [0.2, 0.25) is 0 Å². The Kier molecular flexibility index (Phi) is 3.94. The number of rotatable bonds is 4. The van der Waals surface area contributed by atoms with Gasteiger partial charge in [0.15, 0.2) is 0 Å². The van der Waals surface area contributed by atoms with Crippen LogP contribution >= 0.6 is 0 Å². The molecular weight excluding hydrogens is 243 g/mol.